The molecule has 2 aliphatic carbocycles. The van der Waals surface area contributed by atoms with E-state index in [0.717, 1.165) is 43.2 Å². The molecule has 0 radical (unpaired) electrons. The van der Waals surface area contributed by atoms with Crippen molar-refractivity contribution in [3.63, 3.8) is 0 Å². The van der Waals surface area contributed by atoms with E-state index >= 15 is 0 Å². The smallest absolute Gasteiger partial charge is 0.244 e. The molecule has 3 rings (SSSR count). The molecule has 2 nitrogen and oxygen atoms in total. The molecule has 1 atom stereocenters. The minimum atomic E-state index is -0.227. The molecule has 2 aliphatic rings. The second kappa shape index (κ2) is 5.39. The normalized spacial score (nSPS) is 22.9. The van der Waals surface area contributed by atoms with Gasteiger partial charge in [-0.3, -0.25) is 4.79 Å². The second-order valence-electron chi connectivity index (χ2n) is 5.87. The first kappa shape index (κ1) is 13.3. The van der Waals surface area contributed by atoms with Crippen molar-refractivity contribution in [1.82, 2.24) is 5.32 Å². The van der Waals surface area contributed by atoms with Crippen molar-refractivity contribution in [2.45, 2.75) is 51.0 Å². The fraction of sp³-hybridized carbons (Fsp3) is 0.471. The summed E-state index contributed by atoms with van der Waals surface area (Å²) >= 11 is 0. The lowest BCUT2D eigenvalue weighted by Crippen LogP contribution is -2.23. The molecule has 1 fully saturated rings. The zero-order valence-electron chi connectivity index (χ0n) is 11.8. The molecular formula is C17H20FNO. The summed E-state index contributed by atoms with van der Waals surface area (Å²) in [6, 6.07) is 5.33. The van der Waals surface area contributed by atoms with Crippen LogP contribution in [0.3, 0.4) is 0 Å². The fourth-order valence-corrected chi connectivity index (χ4v) is 3.02. The lowest BCUT2D eigenvalue weighted by atomic mass is 9.97. The molecule has 1 unspecified atom stereocenters. The van der Waals surface area contributed by atoms with Crippen molar-refractivity contribution in [1.29, 1.82) is 0 Å². The Hall–Kier alpha value is -1.64. The Balaban J connectivity index is 1.87. The van der Waals surface area contributed by atoms with Gasteiger partial charge in [0, 0.05) is 12.1 Å². The maximum atomic E-state index is 13.5. The number of amides is 1. The maximum Gasteiger partial charge on any atom is 0.244 e. The summed E-state index contributed by atoms with van der Waals surface area (Å²) in [6.45, 7) is 2.16. The van der Waals surface area contributed by atoms with Gasteiger partial charge in [0.05, 0.1) is 0 Å². The Bertz CT molecular complexity index is 560. The summed E-state index contributed by atoms with van der Waals surface area (Å²) in [7, 11) is 0. The molecule has 1 amide bonds. The third kappa shape index (κ3) is 2.77. The van der Waals surface area contributed by atoms with E-state index in [-0.39, 0.29) is 11.7 Å². The maximum absolute atomic E-state index is 13.5. The Morgan fingerprint density at radius 1 is 1.45 bits per heavy atom. The predicted octanol–water partition coefficient (Wildman–Crippen LogP) is 3.78. The predicted molar refractivity (Wildman–Crippen MR) is 77.8 cm³/mol. The minimum absolute atomic E-state index is 0.0325. The molecule has 1 N–H and O–H groups in total. The van der Waals surface area contributed by atoms with Gasteiger partial charge in [0.1, 0.15) is 5.82 Å². The Kier molecular flexibility index (Phi) is 3.60. The molecule has 0 heterocycles. The van der Waals surface area contributed by atoms with Gasteiger partial charge in [0.25, 0.3) is 0 Å². The van der Waals surface area contributed by atoms with Crippen molar-refractivity contribution >= 4 is 11.5 Å². The van der Waals surface area contributed by atoms with Crippen LogP contribution in [0.2, 0.25) is 0 Å². The van der Waals surface area contributed by atoms with E-state index in [4.69, 9.17) is 0 Å². The van der Waals surface area contributed by atoms with Crippen LogP contribution < -0.4 is 5.32 Å². The largest absolute Gasteiger partial charge is 0.350 e. The minimum Gasteiger partial charge on any atom is -0.350 e. The van der Waals surface area contributed by atoms with Crippen LogP contribution in [0.1, 0.15) is 56.1 Å². The summed E-state index contributed by atoms with van der Waals surface area (Å²) in [5.74, 6) is 0.167. The van der Waals surface area contributed by atoms with Crippen molar-refractivity contribution in [3.8, 4) is 0 Å². The summed E-state index contributed by atoms with van der Waals surface area (Å²) in [4.78, 5) is 11.9. The van der Waals surface area contributed by atoms with Gasteiger partial charge in [-0.25, -0.2) is 4.39 Å². The topological polar surface area (TPSA) is 29.1 Å². The van der Waals surface area contributed by atoms with Crippen LogP contribution in [0, 0.1) is 5.82 Å². The Labute approximate surface area is 119 Å². The average Bonchev–Trinajstić information content (AvgIpc) is 3.15. The number of fused-ring (bicyclic) bond motifs is 1. The van der Waals surface area contributed by atoms with Crippen LogP contribution in [0.15, 0.2) is 24.3 Å². The highest BCUT2D eigenvalue weighted by Gasteiger charge is 2.28. The van der Waals surface area contributed by atoms with E-state index in [0.29, 0.717) is 12.0 Å². The van der Waals surface area contributed by atoms with Crippen LogP contribution in [-0.4, -0.2) is 11.9 Å². The molecular weight excluding hydrogens is 253 g/mol. The van der Waals surface area contributed by atoms with E-state index < -0.39 is 0 Å². The van der Waals surface area contributed by atoms with Crippen LogP contribution in [0.5, 0.6) is 0 Å². The molecule has 0 saturated heterocycles. The fourth-order valence-electron chi connectivity index (χ4n) is 3.02. The number of rotatable bonds is 4. The van der Waals surface area contributed by atoms with Crippen LogP contribution in [-0.2, 0) is 4.79 Å². The molecule has 1 saturated carbocycles. The highest BCUT2D eigenvalue weighted by atomic mass is 19.1. The van der Waals surface area contributed by atoms with Crippen molar-refractivity contribution in [3.05, 3.63) is 41.2 Å². The van der Waals surface area contributed by atoms with E-state index in [1.165, 1.54) is 11.6 Å². The van der Waals surface area contributed by atoms with Crippen LogP contribution in [0.25, 0.3) is 5.57 Å². The third-order valence-corrected chi connectivity index (χ3v) is 4.13. The van der Waals surface area contributed by atoms with E-state index in [9.17, 15) is 9.18 Å². The Morgan fingerprint density at radius 2 is 2.25 bits per heavy atom. The number of carbonyl (C=O) groups excluding carboxylic acids is 1. The molecule has 0 aromatic heterocycles. The summed E-state index contributed by atoms with van der Waals surface area (Å²) in [5.41, 5.74) is 3.10. The van der Waals surface area contributed by atoms with Gasteiger partial charge >= 0.3 is 0 Å². The first-order valence-corrected chi connectivity index (χ1v) is 7.48. The van der Waals surface area contributed by atoms with Gasteiger partial charge in [-0.1, -0.05) is 19.4 Å². The van der Waals surface area contributed by atoms with Gasteiger partial charge in [0.15, 0.2) is 0 Å². The number of halogens is 1. The average molecular weight is 273 g/mol. The van der Waals surface area contributed by atoms with E-state index in [1.807, 2.05) is 6.07 Å². The lowest BCUT2D eigenvalue weighted by Gasteiger charge is -2.08. The summed E-state index contributed by atoms with van der Waals surface area (Å²) in [5, 5.41) is 2.96. The molecule has 3 heteroatoms. The van der Waals surface area contributed by atoms with Crippen molar-refractivity contribution in [2.24, 2.45) is 0 Å². The summed E-state index contributed by atoms with van der Waals surface area (Å²) in [6.07, 6.45) is 6.87. The molecule has 106 valence electrons. The van der Waals surface area contributed by atoms with Crippen molar-refractivity contribution < 1.29 is 9.18 Å². The van der Waals surface area contributed by atoms with Gasteiger partial charge in [-0.2, -0.15) is 0 Å². The van der Waals surface area contributed by atoms with Crippen LogP contribution in [0.4, 0.5) is 4.39 Å². The van der Waals surface area contributed by atoms with Gasteiger partial charge in [-0.05, 0) is 60.4 Å². The molecule has 1 aromatic carbocycles. The van der Waals surface area contributed by atoms with Gasteiger partial charge in [0.2, 0.25) is 5.91 Å². The van der Waals surface area contributed by atoms with Gasteiger partial charge in [-0.15, -0.1) is 0 Å². The zero-order chi connectivity index (χ0) is 14.1. The SMILES string of the molecule is CCCC1CC(=CC(=O)NC2CC2)c2cc(F)ccc21. The molecule has 0 bridgehead atoms. The first-order valence-electron chi connectivity index (χ1n) is 7.48. The standard InChI is InChI=1S/C17H20FNO/c1-2-3-11-8-12(9-17(20)19-14-5-6-14)16-10-13(18)4-7-15(11)16/h4,7,9-11,14H,2-3,5-6,8H2,1H3,(H,19,20). The number of benzene rings is 1. The quantitative estimate of drug-likeness (QED) is 0.831. The highest BCUT2D eigenvalue weighted by molar-refractivity contribution is 5.97. The Morgan fingerprint density at radius 3 is 2.95 bits per heavy atom. The number of hydrogen-bond donors (Lipinski definition) is 1. The molecule has 1 aromatic rings. The molecule has 20 heavy (non-hydrogen) atoms. The van der Waals surface area contributed by atoms with Crippen molar-refractivity contribution in [2.75, 3.05) is 0 Å². The number of nitrogens with one attached hydrogen (secondary N) is 1. The summed E-state index contributed by atoms with van der Waals surface area (Å²) < 4.78 is 13.5. The monoisotopic (exact) mass is 273 g/mol. The highest BCUT2D eigenvalue weighted by Crippen LogP contribution is 2.43. The van der Waals surface area contributed by atoms with Gasteiger partial charge < -0.3 is 5.32 Å². The first-order chi connectivity index (χ1) is 9.67. The zero-order valence-corrected chi connectivity index (χ0v) is 11.8. The lowest BCUT2D eigenvalue weighted by molar-refractivity contribution is -0.116. The number of hydrogen-bond acceptors (Lipinski definition) is 1. The second-order valence-corrected chi connectivity index (χ2v) is 5.87. The molecule has 0 spiro atoms. The number of carbonyl (C=O) groups is 1. The third-order valence-electron chi connectivity index (χ3n) is 4.13. The van der Waals surface area contributed by atoms with E-state index in [1.54, 1.807) is 12.1 Å². The number of allylic oxidation sites excluding steroid dienone is 1. The van der Waals surface area contributed by atoms with E-state index in [2.05, 4.69) is 12.2 Å². The van der Waals surface area contributed by atoms with Crippen LogP contribution >= 0.6 is 0 Å². The molecule has 0 aliphatic heterocycles.